The van der Waals surface area contributed by atoms with E-state index in [4.69, 9.17) is 0 Å². The Morgan fingerprint density at radius 2 is 1.88 bits per heavy atom. The molecule has 3 aliphatic rings. The van der Waals surface area contributed by atoms with Crippen LogP contribution in [-0.2, 0) is 11.0 Å². The molecule has 4 rings (SSSR count). The Kier molecular flexibility index (Phi) is 3.78. The van der Waals surface area contributed by atoms with Crippen molar-refractivity contribution in [2.45, 2.75) is 19.0 Å². The van der Waals surface area contributed by atoms with Crippen molar-refractivity contribution in [1.29, 1.82) is 0 Å². The normalized spacial score (nSPS) is 29.5. The fourth-order valence-electron chi connectivity index (χ4n) is 3.88. The van der Waals surface area contributed by atoms with Crippen molar-refractivity contribution in [3.05, 3.63) is 17.2 Å². The lowest BCUT2D eigenvalue weighted by molar-refractivity contribution is -0.138. The van der Waals surface area contributed by atoms with Gasteiger partial charge in [-0.1, -0.05) is 23.5 Å². The summed E-state index contributed by atoms with van der Waals surface area (Å²) < 4.78 is 37.8. The van der Waals surface area contributed by atoms with Crippen LogP contribution in [0.3, 0.4) is 0 Å². The molecule has 5 nitrogen and oxygen atoms in total. The van der Waals surface area contributed by atoms with Gasteiger partial charge in [0.05, 0.1) is 0 Å². The van der Waals surface area contributed by atoms with Crippen molar-refractivity contribution in [3.8, 4) is 0 Å². The minimum absolute atomic E-state index is 0.0879. The molecule has 130 valence electrons. The van der Waals surface area contributed by atoms with Crippen molar-refractivity contribution in [2.24, 2.45) is 17.8 Å². The van der Waals surface area contributed by atoms with Crippen molar-refractivity contribution < 1.29 is 18.0 Å². The van der Waals surface area contributed by atoms with E-state index < -0.39 is 11.2 Å². The summed E-state index contributed by atoms with van der Waals surface area (Å²) in [5.41, 5.74) is 0. The van der Waals surface area contributed by atoms with Crippen LogP contribution in [0, 0.1) is 17.8 Å². The summed E-state index contributed by atoms with van der Waals surface area (Å²) in [5.74, 6) is 1.20. The summed E-state index contributed by atoms with van der Waals surface area (Å²) in [6, 6.07) is 0. The van der Waals surface area contributed by atoms with Crippen molar-refractivity contribution >= 4 is 22.4 Å². The van der Waals surface area contributed by atoms with E-state index in [1.807, 2.05) is 4.90 Å². The van der Waals surface area contributed by atoms with E-state index in [2.05, 4.69) is 22.3 Å². The maximum Gasteiger partial charge on any atom is 0.445 e. The number of carbonyl (C=O) groups is 1. The molecular weight excluding hydrogens is 341 g/mol. The highest BCUT2D eigenvalue weighted by molar-refractivity contribution is 7.15. The topological polar surface area (TPSA) is 49.3 Å². The number of hydrogen-bond donors (Lipinski definition) is 0. The Morgan fingerprint density at radius 3 is 2.42 bits per heavy atom. The second kappa shape index (κ2) is 5.72. The molecule has 0 aromatic carbocycles. The van der Waals surface area contributed by atoms with Gasteiger partial charge in [-0.2, -0.15) is 13.2 Å². The summed E-state index contributed by atoms with van der Waals surface area (Å²) in [5, 5.41) is 6.22. The van der Waals surface area contributed by atoms with Crippen molar-refractivity contribution in [1.82, 2.24) is 15.1 Å². The fourth-order valence-corrected chi connectivity index (χ4v) is 4.64. The molecule has 0 spiro atoms. The molecule has 2 bridgehead atoms. The lowest BCUT2D eigenvalue weighted by Crippen LogP contribution is -2.50. The van der Waals surface area contributed by atoms with Crippen LogP contribution in [0.4, 0.5) is 18.3 Å². The third kappa shape index (κ3) is 2.78. The number of hydrogen-bond acceptors (Lipinski definition) is 5. The molecule has 2 fully saturated rings. The molecule has 1 aromatic heterocycles. The summed E-state index contributed by atoms with van der Waals surface area (Å²) in [4.78, 5) is 16.3. The van der Waals surface area contributed by atoms with E-state index in [9.17, 15) is 18.0 Å². The van der Waals surface area contributed by atoms with Gasteiger partial charge in [0.25, 0.3) is 0 Å². The van der Waals surface area contributed by atoms with Crippen LogP contribution in [0.15, 0.2) is 12.2 Å². The summed E-state index contributed by atoms with van der Waals surface area (Å²) in [6.45, 7) is 2.04. The molecule has 1 amide bonds. The Morgan fingerprint density at radius 1 is 1.12 bits per heavy atom. The standard InChI is InChI=1S/C15H17F3N4OS/c16-15(17,18)13-19-20-14(24-13)22-5-3-21(4-6-22)12(23)11-8-9-1-2-10(11)7-9/h1-2,9-11H,3-8H2/t9-,10+,11-/m1/s1. The molecule has 1 saturated carbocycles. The average molecular weight is 358 g/mol. The van der Waals surface area contributed by atoms with Gasteiger partial charge in [-0.15, -0.1) is 10.2 Å². The third-order valence-corrected chi connectivity index (χ3v) is 6.14. The molecule has 24 heavy (non-hydrogen) atoms. The first-order valence-electron chi connectivity index (χ1n) is 8.04. The summed E-state index contributed by atoms with van der Waals surface area (Å²) in [6.07, 6.45) is 1.93. The van der Waals surface area contributed by atoms with E-state index in [-0.39, 0.29) is 17.0 Å². The molecule has 0 N–H and O–H groups in total. The van der Waals surface area contributed by atoms with Crippen LogP contribution >= 0.6 is 11.3 Å². The number of amides is 1. The molecule has 1 aromatic rings. The number of halogens is 3. The second-order valence-corrected chi connectivity index (χ2v) is 7.54. The van der Waals surface area contributed by atoms with Gasteiger partial charge >= 0.3 is 6.18 Å². The van der Waals surface area contributed by atoms with Gasteiger partial charge in [0.15, 0.2) is 0 Å². The number of alkyl halides is 3. The van der Waals surface area contributed by atoms with Gasteiger partial charge in [0, 0.05) is 32.1 Å². The number of piperazine rings is 1. The van der Waals surface area contributed by atoms with Crippen LogP contribution in [0.2, 0.25) is 0 Å². The third-order valence-electron chi connectivity index (χ3n) is 5.11. The number of anilines is 1. The zero-order valence-electron chi connectivity index (χ0n) is 12.9. The van der Waals surface area contributed by atoms with Crippen LogP contribution in [-0.4, -0.2) is 47.2 Å². The van der Waals surface area contributed by atoms with Crippen LogP contribution in [0.5, 0.6) is 0 Å². The number of fused-ring (bicyclic) bond motifs is 2. The first-order chi connectivity index (χ1) is 11.4. The van der Waals surface area contributed by atoms with E-state index >= 15 is 0 Å². The van der Waals surface area contributed by atoms with E-state index in [1.54, 1.807) is 4.90 Å². The predicted molar refractivity (Wildman–Crippen MR) is 82.5 cm³/mol. The first kappa shape index (κ1) is 15.9. The SMILES string of the molecule is O=C([C@@H]1C[C@@H]2C=C[C@H]1C2)N1CCN(c2nnc(C(F)(F)F)s2)CC1. The number of aromatic nitrogens is 2. The number of rotatable bonds is 2. The molecule has 1 aliphatic heterocycles. The second-order valence-electron chi connectivity index (χ2n) is 6.59. The smallest absolute Gasteiger partial charge is 0.343 e. The lowest BCUT2D eigenvalue weighted by Gasteiger charge is -2.36. The molecular formula is C15H17F3N4OS. The molecule has 0 unspecified atom stereocenters. The molecule has 2 aliphatic carbocycles. The molecule has 9 heteroatoms. The van der Waals surface area contributed by atoms with Crippen molar-refractivity contribution in [2.75, 3.05) is 31.1 Å². The Labute approximate surface area is 141 Å². The summed E-state index contributed by atoms with van der Waals surface area (Å²) >= 11 is 0.557. The summed E-state index contributed by atoms with van der Waals surface area (Å²) in [7, 11) is 0. The largest absolute Gasteiger partial charge is 0.445 e. The van der Waals surface area contributed by atoms with Crippen LogP contribution < -0.4 is 4.90 Å². The zero-order chi connectivity index (χ0) is 16.9. The molecule has 1 saturated heterocycles. The van der Waals surface area contributed by atoms with Gasteiger partial charge in [-0.3, -0.25) is 4.79 Å². The Balaban J connectivity index is 1.36. The van der Waals surface area contributed by atoms with Crippen LogP contribution in [0.25, 0.3) is 0 Å². The van der Waals surface area contributed by atoms with Crippen molar-refractivity contribution in [3.63, 3.8) is 0 Å². The van der Waals surface area contributed by atoms with Gasteiger partial charge in [-0.05, 0) is 24.7 Å². The first-order valence-corrected chi connectivity index (χ1v) is 8.86. The van der Waals surface area contributed by atoms with E-state index in [0.29, 0.717) is 49.4 Å². The lowest BCUT2D eigenvalue weighted by atomic mass is 9.92. The average Bonchev–Trinajstić information content (AvgIpc) is 3.29. The Hall–Kier alpha value is -1.64. The van der Waals surface area contributed by atoms with E-state index in [1.165, 1.54) is 0 Å². The highest BCUT2D eigenvalue weighted by Crippen LogP contribution is 2.44. The van der Waals surface area contributed by atoms with Crippen LogP contribution in [0.1, 0.15) is 17.8 Å². The van der Waals surface area contributed by atoms with E-state index in [0.717, 1.165) is 12.8 Å². The maximum atomic E-state index is 12.7. The number of allylic oxidation sites excluding steroid dienone is 2. The highest BCUT2D eigenvalue weighted by atomic mass is 32.1. The fraction of sp³-hybridized carbons (Fsp3) is 0.667. The van der Waals surface area contributed by atoms with Gasteiger partial charge in [0.1, 0.15) is 0 Å². The Bertz CT molecular complexity index is 666. The molecule has 3 atom stereocenters. The van der Waals surface area contributed by atoms with Gasteiger partial charge < -0.3 is 9.80 Å². The molecule has 0 radical (unpaired) electrons. The van der Waals surface area contributed by atoms with Gasteiger partial charge in [0.2, 0.25) is 16.0 Å². The minimum atomic E-state index is -4.46. The number of carbonyl (C=O) groups excluding carboxylic acids is 1. The van der Waals surface area contributed by atoms with Gasteiger partial charge in [-0.25, -0.2) is 0 Å². The monoisotopic (exact) mass is 358 g/mol. The minimum Gasteiger partial charge on any atom is -0.343 e. The quantitative estimate of drug-likeness (QED) is 0.762. The predicted octanol–water partition coefficient (Wildman–Crippen LogP) is 2.42. The zero-order valence-corrected chi connectivity index (χ0v) is 13.7. The molecule has 2 heterocycles. The number of nitrogens with zero attached hydrogens (tertiary/aromatic N) is 4. The maximum absolute atomic E-state index is 12.7. The highest BCUT2D eigenvalue weighted by Gasteiger charge is 2.42.